The largest absolute Gasteiger partial charge is 0.416 e. The molecule has 140 valence electrons. The summed E-state index contributed by atoms with van der Waals surface area (Å²) in [6.07, 6.45) is -1.41. The van der Waals surface area contributed by atoms with Gasteiger partial charge in [0.05, 0.1) is 16.8 Å². The van der Waals surface area contributed by atoms with E-state index in [1.807, 2.05) is 0 Å². The highest BCUT2D eigenvalue weighted by molar-refractivity contribution is 5.96. The summed E-state index contributed by atoms with van der Waals surface area (Å²) in [7, 11) is 0. The highest BCUT2D eigenvalue weighted by atomic mass is 19.4. The molecule has 0 aromatic heterocycles. The molecule has 2 fully saturated rings. The average Bonchev–Trinajstić information content (AvgIpc) is 3.23. The minimum atomic E-state index is -4.42. The van der Waals surface area contributed by atoms with Crippen LogP contribution in [0, 0.1) is 6.92 Å². The van der Waals surface area contributed by atoms with Crippen molar-refractivity contribution in [2.75, 3.05) is 18.1 Å². The normalized spacial score (nSPS) is 26.7. The molecule has 2 unspecified atom stereocenters. The monoisotopic (exact) mass is 367 g/mol. The summed E-state index contributed by atoms with van der Waals surface area (Å²) in [6.45, 7) is 3.54. The molecule has 2 atom stereocenters. The van der Waals surface area contributed by atoms with Crippen molar-refractivity contribution in [1.29, 1.82) is 0 Å². The molecule has 0 aliphatic carbocycles. The van der Waals surface area contributed by atoms with Crippen LogP contribution in [0.5, 0.6) is 0 Å². The molecule has 3 aliphatic heterocycles. The minimum absolute atomic E-state index is 0.217. The van der Waals surface area contributed by atoms with E-state index in [1.165, 1.54) is 11.1 Å². The first-order valence-corrected chi connectivity index (χ1v) is 8.59. The molecule has 3 N–H and O–H groups in total. The van der Waals surface area contributed by atoms with Crippen LogP contribution in [-0.2, 0) is 11.0 Å². The van der Waals surface area contributed by atoms with Gasteiger partial charge in [-0.05, 0) is 37.5 Å². The van der Waals surface area contributed by atoms with Crippen molar-refractivity contribution in [3.63, 3.8) is 0 Å². The Labute approximate surface area is 149 Å². The molecule has 6 nitrogen and oxygen atoms in total. The van der Waals surface area contributed by atoms with Crippen LogP contribution in [-0.4, -0.2) is 36.4 Å². The molecule has 4 rings (SSSR count). The lowest BCUT2D eigenvalue weighted by Crippen LogP contribution is -2.66. The molecule has 26 heavy (non-hydrogen) atoms. The van der Waals surface area contributed by atoms with E-state index in [0.717, 1.165) is 38.1 Å². The summed E-state index contributed by atoms with van der Waals surface area (Å²) < 4.78 is 39.1. The number of anilines is 1. The molecular formula is C17H20F3N5O. The number of benzene rings is 1. The van der Waals surface area contributed by atoms with E-state index in [-0.39, 0.29) is 12.2 Å². The van der Waals surface area contributed by atoms with Gasteiger partial charge in [-0.1, -0.05) is 6.07 Å². The average molecular weight is 367 g/mol. The number of hydrogen-bond donors (Lipinski definition) is 3. The number of alkyl halides is 3. The number of nitrogens with zero attached hydrogens (tertiary/aromatic N) is 2. The number of halogens is 3. The molecular weight excluding hydrogens is 347 g/mol. The minimum Gasteiger partial charge on any atom is -0.324 e. The zero-order valence-corrected chi connectivity index (χ0v) is 14.2. The van der Waals surface area contributed by atoms with Crippen LogP contribution in [0.3, 0.4) is 0 Å². The van der Waals surface area contributed by atoms with Crippen LogP contribution in [0.25, 0.3) is 0 Å². The predicted molar refractivity (Wildman–Crippen MR) is 89.5 cm³/mol. The van der Waals surface area contributed by atoms with Gasteiger partial charge < -0.3 is 5.32 Å². The lowest BCUT2D eigenvalue weighted by Gasteiger charge is -2.36. The topological polar surface area (TPSA) is 59.6 Å². The van der Waals surface area contributed by atoms with Gasteiger partial charge in [0.2, 0.25) is 0 Å². The highest BCUT2D eigenvalue weighted by Crippen LogP contribution is 2.34. The number of amides is 1. The number of nitrogens with one attached hydrogen (secondary N) is 3. The number of carbonyl (C=O) groups is 1. The lowest BCUT2D eigenvalue weighted by molar-refractivity contribution is -0.137. The lowest BCUT2D eigenvalue weighted by atomic mass is 10.1. The van der Waals surface area contributed by atoms with Crippen LogP contribution in [0.15, 0.2) is 30.0 Å². The molecule has 2 saturated heterocycles. The van der Waals surface area contributed by atoms with Gasteiger partial charge in [-0.3, -0.25) is 20.0 Å². The molecule has 1 amide bonds. The second-order valence-corrected chi connectivity index (χ2v) is 6.80. The third kappa shape index (κ3) is 3.06. The number of hydrazine groups is 1. The number of likely N-dealkylation sites (tertiary alicyclic amines) is 1. The van der Waals surface area contributed by atoms with E-state index in [4.69, 9.17) is 0 Å². The van der Waals surface area contributed by atoms with Crippen molar-refractivity contribution in [3.05, 3.63) is 41.1 Å². The summed E-state index contributed by atoms with van der Waals surface area (Å²) >= 11 is 0. The second kappa shape index (κ2) is 6.26. The van der Waals surface area contributed by atoms with Crippen molar-refractivity contribution < 1.29 is 18.0 Å². The molecule has 0 spiro atoms. The first-order chi connectivity index (χ1) is 12.3. The predicted octanol–water partition coefficient (Wildman–Crippen LogP) is 1.65. The van der Waals surface area contributed by atoms with Crippen LogP contribution in [0.1, 0.15) is 24.0 Å². The fourth-order valence-corrected chi connectivity index (χ4v) is 3.56. The van der Waals surface area contributed by atoms with Crippen LogP contribution >= 0.6 is 0 Å². The van der Waals surface area contributed by atoms with Crippen molar-refractivity contribution in [3.8, 4) is 0 Å². The first kappa shape index (κ1) is 17.3. The summed E-state index contributed by atoms with van der Waals surface area (Å²) in [5.41, 5.74) is 3.87. The standard InChI is InChI=1S/C17H20F3N5O/c1-10-4-5-11(17(18,19)20)8-13(10)25-9-12-14(23-25)21-16(22-15(12)26)24-6-2-3-7-24/h4-5,8-9,14,16,21,23H,2-3,6-7H2,1H3,(H,22,26). The molecule has 1 aromatic rings. The zero-order valence-electron chi connectivity index (χ0n) is 14.2. The molecule has 9 heteroatoms. The van der Waals surface area contributed by atoms with Gasteiger partial charge in [0.1, 0.15) is 12.5 Å². The number of aryl methyl sites for hydroxylation is 1. The van der Waals surface area contributed by atoms with Crippen molar-refractivity contribution in [1.82, 2.24) is 21.0 Å². The summed E-state index contributed by atoms with van der Waals surface area (Å²) in [6, 6.07) is 3.58. The summed E-state index contributed by atoms with van der Waals surface area (Å²) in [5.74, 6) is -0.217. The Kier molecular flexibility index (Phi) is 4.17. The van der Waals surface area contributed by atoms with Crippen molar-refractivity contribution >= 4 is 11.6 Å². The molecule has 1 aromatic carbocycles. The maximum absolute atomic E-state index is 13.0. The molecule has 3 aliphatic rings. The smallest absolute Gasteiger partial charge is 0.324 e. The fraction of sp³-hybridized carbons (Fsp3) is 0.471. The van der Waals surface area contributed by atoms with E-state index < -0.39 is 17.9 Å². The van der Waals surface area contributed by atoms with Gasteiger partial charge in [-0.15, -0.1) is 0 Å². The maximum atomic E-state index is 13.0. The maximum Gasteiger partial charge on any atom is 0.416 e. The Morgan fingerprint density at radius 3 is 2.62 bits per heavy atom. The van der Waals surface area contributed by atoms with E-state index in [9.17, 15) is 18.0 Å². The number of rotatable bonds is 2. The Morgan fingerprint density at radius 1 is 1.19 bits per heavy atom. The SMILES string of the molecule is Cc1ccc(C(F)(F)F)cc1N1C=C2C(=O)NC(N3CCCC3)NC2N1. The Bertz CT molecular complexity index is 757. The summed E-state index contributed by atoms with van der Waals surface area (Å²) in [4.78, 5) is 14.6. The number of fused-ring (bicyclic) bond motifs is 1. The second-order valence-electron chi connectivity index (χ2n) is 6.80. The van der Waals surface area contributed by atoms with Crippen molar-refractivity contribution in [2.24, 2.45) is 0 Å². The third-order valence-corrected chi connectivity index (χ3v) is 5.00. The Hall–Kier alpha value is -2.10. The quantitative estimate of drug-likeness (QED) is 0.742. The van der Waals surface area contributed by atoms with E-state index in [2.05, 4.69) is 21.0 Å². The van der Waals surface area contributed by atoms with Crippen molar-refractivity contribution in [2.45, 2.75) is 38.4 Å². The molecule has 3 heterocycles. The van der Waals surface area contributed by atoms with Gasteiger partial charge in [0.25, 0.3) is 5.91 Å². The van der Waals surface area contributed by atoms with Gasteiger partial charge in [-0.25, -0.2) is 5.43 Å². The summed E-state index contributed by atoms with van der Waals surface area (Å²) in [5, 5.41) is 7.71. The fourth-order valence-electron chi connectivity index (χ4n) is 3.56. The van der Waals surface area contributed by atoms with Gasteiger partial charge in [0, 0.05) is 19.3 Å². The Morgan fingerprint density at radius 2 is 1.92 bits per heavy atom. The number of hydrogen-bond acceptors (Lipinski definition) is 5. The molecule has 0 radical (unpaired) electrons. The third-order valence-electron chi connectivity index (χ3n) is 5.00. The molecule has 0 saturated carbocycles. The van der Waals surface area contributed by atoms with Gasteiger partial charge in [0.15, 0.2) is 0 Å². The first-order valence-electron chi connectivity index (χ1n) is 8.59. The highest BCUT2D eigenvalue weighted by Gasteiger charge is 2.39. The van der Waals surface area contributed by atoms with E-state index in [1.54, 1.807) is 13.1 Å². The zero-order chi connectivity index (χ0) is 18.5. The van der Waals surface area contributed by atoms with Crippen LogP contribution in [0.2, 0.25) is 0 Å². The van der Waals surface area contributed by atoms with Gasteiger partial charge in [-0.2, -0.15) is 13.2 Å². The van der Waals surface area contributed by atoms with Crippen LogP contribution in [0.4, 0.5) is 18.9 Å². The van der Waals surface area contributed by atoms with Gasteiger partial charge >= 0.3 is 6.18 Å². The number of carbonyl (C=O) groups excluding carboxylic acids is 1. The van der Waals surface area contributed by atoms with Crippen LogP contribution < -0.4 is 21.1 Å². The van der Waals surface area contributed by atoms with E-state index in [0.29, 0.717) is 16.8 Å². The van der Waals surface area contributed by atoms with E-state index >= 15 is 0 Å². The Balaban J connectivity index is 1.57. The molecule has 0 bridgehead atoms.